The predicted molar refractivity (Wildman–Crippen MR) is 116 cm³/mol. The van der Waals surface area contributed by atoms with E-state index in [0.717, 1.165) is 64.9 Å². The number of aryl methyl sites for hydroxylation is 1. The van der Waals surface area contributed by atoms with Crippen molar-refractivity contribution in [2.45, 2.75) is 39.3 Å². The number of fused-ring (bicyclic) bond motifs is 3. The summed E-state index contributed by atoms with van der Waals surface area (Å²) in [5, 5.41) is 1.11. The summed E-state index contributed by atoms with van der Waals surface area (Å²) in [5.74, 6) is 1.89. The van der Waals surface area contributed by atoms with Crippen LogP contribution in [0.25, 0.3) is 21.9 Å². The fourth-order valence-corrected chi connectivity index (χ4v) is 3.61. The average molecular weight is 389 g/mol. The van der Waals surface area contributed by atoms with Gasteiger partial charge in [-0.05, 0) is 24.1 Å². The molecule has 5 heteroatoms. The summed E-state index contributed by atoms with van der Waals surface area (Å²) in [4.78, 5) is 9.49. The number of ether oxygens (including phenoxy) is 2. The van der Waals surface area contributed by atoms with E-state index in [1.165, 1.54) is 0 Å². The summed E-state index contributed by atoms with van der Waals surface area (Å²) in [5.41, 5.74) is 4.18. The number of unbranched alkanes of at least 4 members (excludes halogenated alkanes) is 1. The molecule has 2 heterocycles. The van der Waals surface area contributed by atoms with Crippen LogP contribution in [0.3, 0.4) is 0 Å². The summed E-state index contributed by atoms with van der Waals surface area (Å²) in [6.07, 6.45) is 4.93. The second-order valence-corrected chi connectivity index (χ2v) is 7.22. The Balaban J connectivity index is 1.69. The molecule has 0 saturated heterocycles. The SMILES string of the molecule is CCCCn1c(CCOC)nc2cnc3cc(OCc4ccccc4)ccc3c21. The quantitative estimate of drug-likeness (QED) is 0.397. The van der Waals surface area contributed by atoms with Gasteiger partial charge in [-0.3, -0.25) is 4.98 Å². The van der Waals surface area contributed by atoms with Crippen LogP contribution in [0.15, 0.2) is 54.7 Å². The van der Waals surface area contributed by atoms with Crippen LogP contribution in [0.2, 0.25) is 0 Å². The lowest BCUT2D eigenvalue weighted by Crippen LogP contribution is -2.07. The van der Waals surface area contributed by atoms with E-state index in [9.17, 15) is 0 Å². The maximum atomic E-state index is 5.99. The molecule has 0 radical (unpaired) electrons. The van der Waals surface area contributed by atoms with E-state index in [1.807, 2.05) is 36.5 Å². The van der Waals surface area contributed by atoms with E-state index in [2.05, 4.69) is 34.7 Å². The van der Waals surface area contributed by atoms with Gasteiger partial charge in [0, 0.05) is 31.5 Å². The van der Waals surface area contributed by atoms with E-state index >= 15 is 0 Å². The van der Waals surface area contributed by atoms with Crippen molar-refractivity contribution in [2.75, 3.05) is 13.7 Å². The molecular weight excluding hydrogens is 362 g/mol. The highest BCUT2D eigenvalue weighted by molar-refractivity contribution is 6.02. The molecule has 150 valence electrons. The molecule has 0 N–H and O–H groups in total. The minimum atomic E-state index is 0.546. The maximum absolute atomic E-state index is 5.99. The van der Waals surface area contributed by atoms with Crippen molar-refractivity contribution in [1.29, 1.82) is 0 Å². The van der Waals surface area contributed by atoms with Gasteiger partial charge < -0.3 is 14.0 Å². The van der Waals surface area contributed by atoms with Crippen LogP contribution in [-0.4, -0.2) is 28.3 Å². The van der Waals surface area contributed by atoms with Gasteiger partial charge in [0.2, 0.25) is 0 Å². The lowest BCUT2D eigenvalue weighted by Gasteiger charge is -2.11. The van der Waals surface area contributed by atoms with Crippen LogP contribution < -0.4 is 4.74 Å². The Morgan fingerprint density at radius 1 is 1.03 bits per heavy atom. The van der Waals surface area contributed by atoms with Gasteiger partial charge in [-0.1, -0.05) is 43.7 Å². The zero-order chi connectivity index (χ0) is 20.1. The number of rotatable bonds is 9. The highest BCUT2D eigenvalue weighted by atomic mass is 16.5. The number of aromatic nitrogens is 3. The zero-order valence-corrected chi connectivity index (χ0v) is 17.1. The van der Waals surface area contributed by atoms with Gasteiger partial charge in [0.15, 0.2) is 0 Å². The monoisotopic (exact) mass is 389 g/mol. The summed E-state index contributed by atoms with van der Waals surface area (Å²) in [6.45, 7) is 4.38. The Kier molecular flexibility index (Phi) is 6.06. The summed E-state index contributed by atoms with van der Waals surface area (Å²) in [7, 11) is 1.73. The molecule has 0 unspecified atom stereocenters. The lowest BCUT2D eigenvalue weighted by atomic mass is 10.1. The Labute approximate surface area is 171 Å². The minimum Gasteiger partial charge on any atom is -0.489 e. The van der Waals surface area contributed by atoms with Crippen molar-refractivity contribution in [2.24, 2.45) is 0 Å². The number of nitrogens with zero attached hydrogens (tertiary/aromatic N) is 3. The average Bonchev–Trinajstić information content (AvgIpc) is 3.13. The second kappa shape index (κ2) is 9.05. The predicted octanol–water partition coefficient (Wildman–Crippen LogP) is 5.15. The maximum Gasteiger partial charge on any atom is 0.122 e. The largest absolute Gasteiger partial charge is 0.489 e. The smallest absolute Gasteiger partial charge is 0.122 e. The normalized spacial score (nSPS) is 11.4. The first-order valence-electron chi connectivity index (χ1n) is 10.2. The number of hydrogen-bond acceptors (Lipinski definition) is 4. The Morgan fingerprint density at radius 3 is 2.69 bits per heavy atom. The molecule has 5 nitrogen and oxygen atoms in total. The fourth-order valence-electron chi connectivity index (χ4n) is 3.61. The zero-order valence-electron chi connectivity index (χ0n) is 17.1. The molecule has 0 aliphatic heterocycles. The van der Waals surface area contributed by atoms with E-state index in [0.29, 0.717) is 13.2 Å². The molecule has 0 atom stereocenters. The van der Waals surface area contributed by atoms with Gasteiger partial charge in [0.05, 0.1) is 23.8 Å². The third-order valence-electron chi connectivity index (χ3n) is 5.14. The third kappa shape index (κ3) is 4.25. The van der Waals surface area contributed by atoms with Crippen molar-refractivity contribution in [1.82, 2.24) is 14.5 Å². The summed E-state index contributed by atoms with van der Waals surface area (Å²) in [6, 6.07) is 16.3. The highest BCUT2D eigenvalue weighted by Gasteiger charge is 2.14. The molecule has 0 bridgehead atoms. The van der Waals surface area contributed by atoms with Gasteiger partial charge in [0.25, 0.3) is 0 Å². The van der Waals surface area contributed by atoms with Crippen LogP contribution in [0.5, 0.6) is 5.75 Å². The van der Waals surface area contributed by atoms with Crippen molar-refractivity contribution < 1.29 is 9.47 Å². The number of methoxy groups -OCH3 is 1. The Hall–Kier alpha value is -2.92. The van der Waals surface area contributed by atoms with Gasteiger partial charge in [-0.25, -0.2) is 4.98 Å². The minimum absolute atomic E-state index is 0.546. The van der Waals surface area contributed by atoms with Crippen molar-refractivity contribution in [3.63, 3.8) is 0 Å². The van der Waals surface area contributed by atoms with E-state index in [-0.39, 0.29) is 0 Å². The van der Waals surface area contributed by atoms with E-state index < -0.39 is 0 Å². The fraction of sp³-hybridized carbons (Fsp3) is 0.333. The lowest BCUT2D eigenvalue weighted by molar-refractivity contribution is 0.199. The van der Waals surface area contributed by atoms with Crippen LogP contribution in [0, 0.1) is 0 Å². The van der Waals surface area contributed by atoms with Crippen molar-refractivity contribution in [3.8, 4) is 5.75 Å². The van der Waals surface area contributed by atoms with Crippen molar-refractivity contribution in [3.05, 3.63) is 66.1 Å². The number of benzene rings is 2. The molecular formula is C24H27N3O2. The number of hydrogen-bond donors (Lipinski definition) is 0. The highest BCUT2D eigenvalue weighted by Crippen LogP contribution is 2.28. The summed E-state index contributed by atoms with van der Waals surface area (Å²) < 4.78 is 13.6. The third-order valence-corrected chi connectivity index (χ3v) is 5.14. The first kappa shape index (κ1) is 19.4. The molecule has 2 aromatic heterocycles. The molecule has 0 saturated carbocycles. The Bertz CT molecular complexity index is 1090. The van der Waals surface area contributed by atoms with Gasteiger partial charge >= 0.3 is 0 Å². The Morgan fingerprint density at radius 2 is 1.90 bits per heavy atom. The molecule has 0 aliphatic carbocycles. The molecule has 4 aromatic rings. The van der Waals surface area contributed by atoms with Gasteiger partial charge in [-0.15, -0.1) is 0 Å². The topological polar surface area (TPSA) is 49.2 Å². The van der Waals surface area contributed by atoms with Gasteiger partial charge in [-0.2, -0.15) is 0 Å². The summed E-state index contributed by atoms with van der Waals surface area (Å²) >= 11 is 0. The molecule has 0 spiro atoms. The van der Waals surface area contributed by atoms with Crippen LogP contribution >= 0.6 is 0 Å². The molecule has 4 rings (SSSR count). The van der Waals surface area contributed by atoms with Crippen molar-refractivity contribution >= 4 is 21.9 Å². The molecule has 0 amide bonds. The first-order chi connectivity index (χ1) is 14.3. The number of imidazole rings is 1. The molecule has 2 aromatic carbocycles. The van der Waals surface area contributed by atoms with Crippen LogP contribution in [0.4, 0.5) is 0 Å². The van der Waals surface area contributed by atoms with E-state index in [4.69, 9.17) is 14.5 Å². The number of pyridine rings is 1. The first-order valence-corrected chi connectivity index (χ1v) is 10.2. The van der Waals surface area contributed by atoms with Gasteiger partial charge in [0.1, 0.15) is 23.7 Å². The molecule has 0 fully saturated rings. The second-order valence-electron chi connectivity index (χ2n) is 7.22. The van der Waals surface area contributed by atoms with Crippen LogP contribution in [-0.2, 0) is 24.3 Å². The molecule has 0 aliphatic rings. The van der Waals surface area contributed by atoms with Crippen LogP contribution in [0.1, 0.15) is 31.2 Å². The van der Waals surface area contributed by atoms with E-state index in [1.54, 1.807) is 7.11 Å². The molecule has 29 heavy (non-hydrogen) atoms. The standard InChI is InChI=1S/C24H27N3O2/c1-3-4-13-27-23(12-14-28-2)26-22-16-25-21-15-19(10-11-20(21)24(22)27)29-17-18-8-6-5-7-9-18/h5-11,15-16H,3-4,12-14,17H2,1-2H3.